The minimum absolute atomic E-state index is 0.0172. The molecule has 1 aromatic rings. The monoisotopic (exact) mass is 454 g/mol. The number of fused-ring (bicyclic) bond motifs is 7. The maximum Gasteiger partial charge on any atom is 0.411 e. The number of aryl methyl sites for hydroxylation is 1. The molecule has 6 bridgehead atoms. The Labute approximate surface area is 195 Å². The van der Waals surface area contributed by atoms with Gasteiger partial charge in [-0.25, -0.2) is 4.79 Å². The Morgan fingerprint density at radius 2 is 2.09 bits per heavy atom. The second-order valence-electron chi connectivity index (χ2n) is 11.0. The molecule has 5 heterocycles. The summed E-state index contributed by atoms with van der Waals surface area (Å²) in [5.41, 5.74) is 0.0438. The van der Waals surface area contributed by atoms with Crippen LogP contribution in [0.3, 0.4) is 0 Å². The fourth-order valence-corrected chi connectivity index (χ4v) is 6.38. The predicted molar refractivity (Wildman–Crippen MR) is 121 cm³/mol. The van der Waals surface area contributed by atoms with E-state index in [1.165, 1.54) is 0 Å². The van der Waals surface area contributed by atoms with Crippen LogP contribution in [0.2, 0.25) is 0 Å². The topological polar surface area (TPSA) is 83.2 Å². The molecule has 0 radical (unpaired) electrons. The van der Waals surface area contributed by atoms with E-state index in [0.717, 1.165) is 42.8 Å². The van der Waals surface area contributed by atoms with E-state index in [1.54, 1.807) is 4.90 Å². The average molecular weight is 455 g/mol. The molecule has 2 fully saturated rings. The van der Waals surface area contributed by atoms with Crippen LogP contribution in [0, 0.1) is 17.3 Å². The Morgan fingerprint density at radius 3 is 2.85 bits per heavy atom. The first kappa shape index (κ1) is 22.3. The summed E-state index contributed by atoms with van der Waals surface area (Å²) in [7, 11) is 0. The van der Waals surface area contributed by atoms with E-state index in [9.17, 15) is 14.7 Å². The van der Waals surface area contributed by atoms with Crippen molar-refractivity contribution in [2.24, 2.45) is 5.41 Å². The number of amides is 2. The van der Waals surface area contributed by atoms with Gasteiger partial charge in [-0.1, -0.05) is 0 Å². The first-order valence-electron chi connectivity index (χ1n) is 12.2. The third-order valence-corrected chi connectivity index (χ3v) is 7.62. The smallest absolute Gasteiger partial charge is 0.411 e. The van der Waals surface area contributed by atoms with Gasteiger partial charge in [0.05, 0.1) is 12.6 Å². The molecule has 0 unspecified atom stereocenters. The van der Waals surface area contributed by atoms with Gasteiger partial charge in [-0.2, -0.15) is 0 Å². The maximum atomic E-state index is 13.4. The number of hydrogen-bond acceptors (Lipinski definition) is 5. The van der Waals surface area contributed by atoms with Crippen LogP contribution in [0.25, 0.3) is 0 Å². The maximum absolute atomic E-state index is 13.4. The molecule has 2 amide bonds. The average Bonchev–Trinajstić information content (AvgIpc) is 3.34. The van der Waals surface area contributed by atoms with Gasteiger partial charge in [0.25, 0.3) is 0 Å². The molecule has 5 aliphatic rings. The lowest BCUT2D eigenvalue weighted by Crippen LogP contribution is -2.51. The number of nitrogens with zero attached hydrogens (tertiary/aromatic N) is 2. The number of rotatable bonds is 1. The van der Waals surface area contributed by atoms with E-state index < -0.39 is 11.7 Å². The van der Waals surface area contributed by atoms with Crippen molar-refractivity contribution in [1.82, 2.24) is 9.80 Å². The Morgan fingerprint density at radius 1 is 1.30 bits per heavy atom. The van der Waals surface area contributed by atoms with Crippen molar-refractivity contribution in [2.75, 3.05) is 19.7 Å². The molecule has 7 nitrogen and oxygen atoms in total. The number of aliphatic hydroxyl groups excluding tert-OH is 1. The Hall–Kier alpha value is -2.46. The number of likely N-dealkylation sites (tertiary alicyclic amines) is 1. The summed E-state index contributed by atoms with van der Waals surface area (Å²) >= 11 is 0. The Bertz CT molecular complexity index is 1010. The highest BCUT2D eigenvalue weighted by atomic mass is 16.6. The van der Waals surface area contributed by atoms with Gasteiger partial charge < -0.3 is 19.2 Å². The first-order valence-corrected chi connectivity index (χ1v) is 12.2. The second kappa shape index (κ2) is 8.09. The summed E-state index contributed by atoms with van der Waals surface area (Å²) in [5, 5.41) is 10.3. The van der Waals surface area contributed by atoms with Crippen molar-refractivity contribution in [3.63, 3.8) is 0 Å². The van der Waals surface area contributed by atoms with Gasteiger partial charge in [0.1, 0.15) is 23.2 Å². The summed E-state index contributed by atoms with van der Waals surface area (Å²) < 4.78 is 12.2. The number of hydrogen-bond donors (Lipinski definition) is 1. The molecule has 6 rings (SSSR count). The number of carbonyl (C=O) groups excluding carboxylic acids is 2. The minimum Gasteiger partial charge on any atom is -0.464 e. The summed E-state index contributed by atoms with van der Waals surface area (Å²) in [6, 6.07) is 1.38. The van der Waals surface area contributed by atoms with Crippen LogP contribution in [0.5, 0.6) is 0 Å². The lowest BCUT2D eigenvalue weighted by atomic mass is 9.68. The van der Waals surface area contributed by atoms with E-state index in [-0.39, 0.29) is 35.9 Å². The fourth-order valence-electron chi connectivity index (χ4n) is 6.38. The lowest BCUT2D eigenvalue weighted by molar-refractivity contribution is -0.139. The van der Waals surface area contributed by atoms with E-state index in [4.69, 9.17) is 9.15 Å². The summed E-state index contributed by atoms with van der Waals surface area (Å²) in [5.74, 6) is 8.25. The zero-order valence-electron chi connectivity index (χ0n) is 19.9. The van der Waals surface area contributed by atoms with Crippen molar-refractivity contribution < 1.29 is 23.8 Å². The SMILES string of the molecule is CC(C)(C)OC(=O)N1[C@H](CO)C[C@]23CN4CCCCC#CCCc5cc(c(o5)[C@@H]12)[C@H]3CC4=O. The zero-order chi connectivity index (χ0) is 23.4. The van der Waals surface area contributed by atoms with Crippen molar-refractivity contribution >= 4 is 12.0 Å². The fraction of sp³-hybridized carbons (Fsp3) is 0.692. The molecule has 33 heavy (non-hydrogen) atoms. The molecule has 1 aromatic heterocycles. The lowest BCUT2D eigenvalue weighted by Gasteiger charge is -2.45. The number of piperidine rings is 1. The molecule has 4 aliphatic heterocycles. The van der Waals surface area contributed by atoms with E-state index in [2.05, 4.69) is 17.9 Å². The summed E-state index contributed by atoms with van der Waals surface area (Å²) in [6.07, 6.45) is 4.78. The number of aliphatic hydroxyl groups is 1. The molecular formula is C26H34N2O5. The number of furan rings is 1. The molecule has 178 valence electrons. The van der Waals surface area contributed by atoms with Crippen molar-refractivity contribution in [2.45, 2.75) is 89.3 Å². The van der Waals surface area contributed by atoms with Gasteiger partial charge in [0, 0.05) is 55.7 Å². The Kier molecular flexibility index (Phi) is 5.48. The third kappa shape index (κ3) is 3.73. The van der Waals surface area contributed by atoms with Gasteiger partial charge in [0.2, 0.25) is 5.91 Å². The second-order valence-corrected chi connectivity index (χ2v) is 11.0. The molecule has 2 saturated heterocycles. The number of ether oxygens (including phenoxy) is 1. The molecule has 7 heteroatoms. The van der Waals surface area contributed by atoms with Gasteiger partial charge in [-0.3, -0.25) is 9.69 Å². The third-order valence-electron chi connectivity index (χ3n) is 7.62. The van der Waals surface area contributed by atoms with Crippen LogP contribution in [0.4, 0.5) is 4.79 Å². The van der Waals surface area contributed by atoms with E-state index in [0.29, 0.717) is 32.4 Å². The standard InChI is InChI=1S/C26H34N2O5/c1-25(2,3)33-24(31)28-17(15-29)14-26-16-27-11-9-7-5-4-6-8-10-18-12-19(20(26)13-21(27)30)22(32-18)23(26)28/h12,17,20,23,29H,5,7-11,13-16H2,1-3H3/t17-,20+,23+,26+/m0/s1. The molecular weight excluding hydrogens is 420 g/mol. The molecule has 1 N–H and O–H groups in total. The highest BCUT2D eigenvalue weighted by Gasteiger charge is 2.67. The molecule has 0 aromatic carbocycles. The van der Waals surface area contributed by atoms with Gasteiger partial charge in [-0.15, -0.1) is 11.8 Å². The molecule has 4 atom stereocenters. The van der Waals surface area contributed by atoms with Crippen LogP contribution in [0.15, 0.2) is 10.5 Å². The van der Waals surface area contributed by atoms with Crippen LogP contribution < -0.4 is 0 Å². The van der Waals surface area contributed by atoms with E-state index >= 15 is 0 Å². The van der Waals surface area contributed by atoms with Gasteiger partial charge >= 0.3 is 6.09 Å². The van der Waals surface area contributed by atoms with Crippen molar-refractivity contribution in [3.8, 4) is 11.8 Å². The minimum atomic E-state index is -0.648. The van der Waals surface area contributed by atoms with Crippen LogP contribution in [0.1, 0.15) is 88.3 Å². The normalized spacial score (nSPS) is 31.2. The quantitative estimate of drug-likeness (QED) is 0.654. The van der Waals surface area contributed by atoms with E-state index in [1.807, 2.05) is 25.7 Å². The summed E-state index contributed by atoms with van der Waals surface area (Å²) in [6.45, 7) is 6.68. The van der Waals surface area contributed by atoms with Crippen LogP contribution in [-0.4, -0.2) is 58.2 Å². The molecule has 1 aliphatic carbocycles. The highest BCUT2D eigenvalue weighted by Crippen LogP contribution is 2.67. The molecule has 1 spiro atoms. The predicted octanol–water partition coefficient (Wildman–Crippen LogP) is 3.76. The van der Waals surface area contributed by atoms with Crippen LogP contribution in [-0.2, 0) is 16.0 Å². The molecule has 0 saturated carbocycles. The largest absolute Gasteiger partial charge is 0.464 e. The van der Waals surface area contributed by atoms with Crippen molar-refractivity contribution in [1.29, 1.82) is 0 Å². The van der Waals surface area contributed by atoms with Gasteiger partial charge in [0.15, 0.2) is 0 Å². The number of carbonyl (C=O) groups is 2. The highest BCUT2D eigenvalue weighted by molar-refractivity contribution is 5.80. The Balaban J connectivity index is 1.60. The van der Waals surface area contributed by atoms with Gasteiger partial charge in [-0.05, 0) is 46.1 Å². The summed E-state index contributed by atoms with van der Waals surface area (Å²) in [4.78, 5) is 30.2. The van der Waals surface area contributed by atoms with Crippen molar-refractivity contribution in [3.05, 3.63) is 23.2 Å². The van der Waals surface area contributed by atoms with Crippen LogP contribution >= 0.6 is 0 Å². The first-order chi connectivity index (χ1) is 15.7. The zero-order valence-corrected chi connectivity index (χ0v) is 19.9.